The third kappa shape index (κ3) is 5.39. The van der Waals surface area contributed by atoms with Crippen molar-refractivity contribution in [1.29, 1.82) is 0 Å². The minimum absolute atomic E-state index is 0.102. The van der Waals surface area contributed by atoms with Crippen molar-refractivity contribution in [3.8, 4) is 0 Å². The van der Waals surface area contributed by atoms with E-state index in [0.717, 1.165) is 83.0 Å². The molecular formula is C29H44FN3O2. The molecule has 3 atom stereocenters. The molecule has 2 unspecified atom stereocenters. The monoisotopic (exact) mass is 485 g/mol. The number of halogens is 1. The van der Waals surface area contributed by atoms with Crippen molar-refractivity contribution in [1.82, 2.24) is 9.80 Å². The molecule has 0 aromatic heterocycles. The van der Waals surface area contributed by atoms with Crippen molar-refractivity contribution in [3.05, 3.63) is 29.6 Å². The molecule has 0 N–H and O–H groups in total. The summed E-state index contributed by atoms with van der Waals surface area (Å²) in [4.78, 5) is 20.7. The highest BCUT2D eigenvalue weighted by atomic mass is 19.1. The van der Waals surface area contributed by atoms with E-state index in [1.165, 1.54) is 18.4 Å². The number of carbonyl (C=O) groups is 1. The highest BCUT2D eigenvalue weighted by molar-refractivity contribution is 5.80. The van der Waals surface area contributed by atoms with Gasteiger partial charge in [0.05, 0.1) is 12.0 Å². The van der Waals surface area contributed by atoms with Crippen molar-refractivity contribution in [2.45, 2.75) is 76.9 Å². The van der Waals surface area contributed by atoms with Gasteiger partial charge in [-0.05, 0) is 74.5 Å². The number of methoxy groups -OCH3 is 1. The smallest absolute Gasteiger partial charge is 0.227 e. The fourth-order valence-corrected chi connectivity index (χ4v) is 7.10. The van der Waals surface area contributed by atoms with Crippen LogP contribution in [0.15, 0.2) is 18.2 Å². The average Bonchev–Trinajstić information content (AvgIpc) is 3.51. The molecule has 3 heterocycles. The number of likely N-dealkylation sites (tertiary alicyclic amines) is 2. The molecule has 0 spiro atoms. The Hall–Kier alpha value is -1.66. The van der Waals surface area contributed by atoms with Gasteiger partial charge in [-0.15, -0.1) is 0 Å². The number of nitrogens with zero attached hydrogens (tertiary/aromatic N) is 3. The van der Waals surface area contributed by atoms with Crippen LogP contribution in [0.5, 0.6) is 0 Å². The summed E-state index contributed by atoms with van der Waals surface area (Å²) in [5, 5.41) is 0. The normalized spacial score (nSPS) is 33.0. The lowest BCUT2D eigenvalue weighted by atomic mass is 9.92. The number of carbonyl (C=O) groups excluding carboxylic acids is 1. The molecule has 6 heteroatoms. The van der Waals surface area contributed by atoms with Gasteiger partial charge < -0.3 is 14.5 Å². The summed E-state index contributed by atoms with van der Waals surface area (Å²) in [7, 11) is 1.82. The second-order valence-corrected chi connectivity index (χ2v) is 11.8. The number of rotatable bonds is 5. The summed E-state index contributed by atoms with van der Waals surface area (Å²) in [6.45, 7) is 10.1. The Morgan fingerprint density at radius 3 is 2.40 bits per heavy atom. The van der Waals surface area contributed by atoms with Crippen LogP contribution in [-0.2, 0) is 9.53 Å². The maximum atomic E-state index is 14.2. The molecule has 5 rings (SSSR count). The van der Waals surface area contributed by atoms with E-state index in [-0.39, 0.29) is 11.7 Å². The van der Waals surface area contributed by atoms with Crippen LogP contribution in [0, 0.1) is 23.6 Å². The van der Waals surface area contributed by atoms with Crippen LogP contribution >= 0.6 is 0 Å². The third-order valence-corrected chi connectivity index (χ3v) is 9.51. The van der Waals surface area contributed by atoms with Gasteiger partial charge >= 0.3 is 0 Å². The summed E-state index contributed by atoms with van der Waals surface area (Å²) >= 11 is 0. The Bertz CT molecular complexity index is 879. The second kappa shape index (κ2) is 10.8. The zero-order chi connectivity index (χ0) is 24.5. The Morgan fingerprint density at radius 2 is 1.69 bits per heavy atom. The lowest BCUT2D eigenvalue weighted by Crippen LogP contribution is -2.40. The van der Waals surface area contributed by atoms with Crippen molar-refractivity contribution in [2.75, 3.05) is 51.3 Å². The molecule has 35 heavy (non-hydrogen) atoms. The van der Waals surface area contributed by atoms with Gasteiger partial charge in [0.1, 0.15) is 5.82 Å². The van der Waals surface area contributed by atoms with Crippen LogP contribution < -0.4 is 4.90 Å². The summed E-state index contributed by atoms with van der Waals surface area (Å²) in [5.41, 5.74) is 2.29. The first-order valence-corrected chi connectivity index (χ1v) is 14.0. The maximum absolute atomic E-state index is 14.2. The van der Waals surface area contributed by atoms with Crippen LogP contribution in [0.2, 0.25) is 0 Å². The van der Waals surface area contributed by atoms with Crippen molar-refractivity contribution in [2.24, 2.45) is 17.8 Å². The average molecular weight is 486 g/mol. The summed E-state index contributed by atoms with van der Waals surface area (Å²) < 4.78 is 19.8. The molecule has 0 bridgehead atoms. The van der Waals surface area contributed by atoms with Crippen LogP contribution in [0.3, 0.4) is 0 Å². The highest BCUT2D eigenvalue weighted by Crippen LogP contribution is 2.38. The molecule has 1 aromatic carbocycles. The topological polar surface area (TPSA) is 36.0 Å². The van der Waals surface area contributed by atoms with E-state index in [1.54, 1.807) is 12.1 Å². The van der Waals surface area contributed by atoms with Crippen molar-refractivity contribution >= 4 is 11.6 Å². The molecule has 3 aliphatic heterocycles. The Labute approximate surface area is 211 Å². The van der Waals surface area contributed by atoms with Crippen LogP contribution in [-0.4, -0.2) is 74.2 Å². The summed E-state index contributed by atoms with van der Waals surface area (Å²) in [5.74, 6) is 1.72. The molecule has 5 nitrogen and oxygen atoms in total. The number of piperidine rings is 1. The molecule has 4 fully saturated rings. The standard InChI is InChI=1S/C29H44FN3O2/c1-20-10-13-31(14-11-20)28-16-23(30)4-9-26(28)22-12-15-32(18-22)29(34)27-19-33(17-21(27)2)24-5-7-25(35-3)8-6-24/h4,9,16,20-22,24-25,27H,5-8,10-15,17-19H2,1-3H3/t21-,22?,24?,25?,27?/m1/s1. The maximum Gasteiger partial charge on any atom is 0.227 e. The van der Waals surface area contributed by atoms with E-state index in [9.17, 15) is 9.18 Å². The molecule has 0 radical (unpaired) electrons. The van der Waals surface area contributed by atoms with E-state index >= 15 is 0 Å². The predicted molar refractivity (Wildman–Crippen MR) is 138 cm³/mol. The van der Waals surface area contributed by atoms with Gasteiger partial charge in [-0.2, -0.15) is 0 Å². The van der Waals surface area contributed by atoms with E-state index < -0.39 is 0 Å². The number of ether oxygens (including phenoxy) is 1. The number of amides is 1. The van der Waals surface area contributed by atoms with Gasteiger partial charge in [0, 0.05) is 64.0 Å². The Balaban J connectivity index is 1.22. The van der Waals surface area contributed by atoms with Crippen molar-refractivity contribution < 1.29 is 13.9 Å². The van der Waals surface area contributed by atoms with Gasteiger partial charge in [0.25, 0.3) is 0 Å². The quantitative estimate of drug-likeness (QED) is 0.594. The first-order chi connectivity index (χ1) is 16.9. The molecule has 3 saturated heterocycles. The van der Waals surface area contributed by atoms with E-state index in [4.69, 9.17) is 4.74 Å². The van der Waals surface area contributed by atoms with Crippen molar-refractivity contribution in [3.63, 3.8) is 0 Å². The van der Waals surface area contributed by atoms with E-state index in [0.29, 0.717) is 29.9 Å². The molecule has 1 aromatic rings. The zero-order valence-corrected chi connectivity index (χ0v) is 21.9. The van der Waals surface area contributed by atoms with Gasteiger partial charge in [-0.3, -0.25) is 9.69 Å². The number of anilines is 1. The number of hydrogen-bond donors (Lipinski definition) is 0. The largest absolute Gasteiger partial charge is 0.381 e. The first kappa shape index (κ1) is 25.0. The highest BCUT2D eigenvalue weighted by Gasteiger charge is 2.42. The Kier molecular flexibility index (Phi) is 7.69. The molecule has 194 valence electrons. The van der Waals surface area contributed by atoms with Crippen LogP contribution in [0.25, 0.3) is 0 Å². The van der Waals surface area contributed by atoms with Crippen LogP contribution in [0.4, 0.5) is 10.1 Å². The molecule has 1 amide bonds. The lowest BCUT2D eigenvalue weighted by Gasteiger charge is -2.34. The number of benzene rings is 1. The van der Waals surface area contributed by atoms with Gasteiger partial charge in [-0.1, -0.05) is 19.9 Å². The molecular weight excluding hydrogens is 441 g/mol. The molecule has 1 aliphatic carbocycles. The second-order valence-electron chi connectivity index (χ2n) is 11.8. The fourth-order valence-electron chi connectivity index (χ4n) is 7.10. The Morgan fingerprint density at radius 1 is 0.943 bits per heavy atom. The fraction of sp³-hybridized carbons (Fsp3) is 0.759. The molecule has 1 saturated carbocycles. The van der Waals surface area contributed by atoms with E-state index in [1.807, 2.05) is 13.2 Å². The van der Waals surface area contributed by atoms with Gasteiger partial charge in [0.15, 0.2) is 0 Å². The zero-order valence-electron chi connectivity index (χ0n) is 21.9. The number of hydrogen-bond acceptors (Lipinski definition) is 4. The first-order valence-electron chi connectivity index (χ1n) is 14.0. The van der Waals surface area contributed by atoms with Gasteiger partial charge in [0.2, 0.25) is 5.91 Å². The van der Waals surface area contributed by atoms with Crippen LogP contribution in [0.1, 0.15) is 70.3 Å². The minimum Gasteiger partial charge on any atom is -0.381 e. The third-order valence-electron chi connectivity index (χ3n) is 9.51. The minimum atomic E-state index is -0.160. The summed E-state index contributed by atoms with van der Waals surface area (Å²) in [6.07, 6.45) is 8.34. The summed E-state index contributed by atoms with van der Waals surface area (Å²) in [6, 6.07) is 5.91. The lowest BCUT2D eigenvalue weighted by molar-refractivity contribution is -0.135. The predicted octanol–water partition coefficient (Wildman–Crippen LogP) is 4.90. The van der Waals surface area contributed by atoms with E-state index in [2.05, 4.69) is 28.5 Å². The van der Waals surface area contributed by atoms with Gasteiger partial charge in [-0.25, -0.2) is 4.39 Å². The SMILES string of the molecule is COC1CCC(N2CC(C(=O)N3CCC(c4ccc(F)cc4N4CCC(C)CC4)C3)[C@H](C)C2)CC1. The molecule has 4 aliphatic rings.